The number of imidazole rings is 2. The van der Waals surface area contributed by atoms with Gasteiger partial charge in [0.05, 0.1) is 38.1 Å². The van der Waals surface area contributed by atoms with E-state index in [9.17, 15) is 14.5 Å². The normalized spacial score (nSPS) is 32.3. The van der Waals surface area contributed by atoms with E-state index in [1.807, 2.05) is 0 Å². The third-order valence-corrected chi connectivity index (χ3v) is 9.41. The summed E-state index contributed by atoms with van der Waals surface area (Å²) in [6, 6.07) is 0. The lowest BCUT2D eigenvalue weighted by Gasteiger charge is -2.33. The van der Waals surface area contributed by atoms with Crippen molar-refractivity contribution in [2.45, 2.75) is 49.8 Å². The Balaban J connectivity index is 1.07. The Hall–Kier alpha value is -3.19. The third-order valence-electron chi connectivity index (χ3n) is 7.77. The maximum atomic E-state index is 15.3. The van der Waals surface area contributed by atoms with Crippen LogP contribution >= 0.6 is 19.0 Å². The number of nitrogen functional groups attached to an aromatic ring is 2. The Labute approximate surface area is 240 Å². The number of nitrogens with two attached hydrogens (primary N) is 2. The zero-order valence-electron chi connectivity index (χ0n) is 21.6. The summed E-state index contributed by atoms with van der Waals surface area (Å²) in [5.74, 6) is -0.405. The van der Waals surface area contributed by atoms with Crippen LogP contribution in [0.2, 0.25) is 0 Å². The first-order valence-electron chi connectivity index (χ1n) is 13.0. The largest absolute Gasteiger partial charge is 0.394 e. The highest BCUT2D eigenvalue weighted by Gasteiger charge is 2.57. The van der Waals surface area contributed by atoms with Crippen molar-refractivity contribution in [1.82, 2.24) is 39.0 Å². The Morgan fingerprint density at radius 3 is 2.64 bits per heavy atom. The zero-order chi connectivity index (χ0) is 29.3. The lowest BCUT2D eigenvalue weighted by molar-refractivity contribution is -0.145. The van der Waals surface area contributed by atoms with Crippen molar-refractivity contribution in [2.24, 2.45) is 11.8 Å². The first-order valence-corrected chi connectivity index (χ1v) is 15.7. The van der Waals surface area contributed by atoms with Crippen molar-refractivity contribution in [3.8, 4) is 0 Å². The number of hydrogen-bond acceptors (Lipinski definition) is 14. The molecule has 0 spiro atoms. The standard InChI is InChI=1S/C22H26FN10O7PS/c23-13-10-2-9(10)12(39-21(13)32-6-28-14-16(24)26-5-27-17(14)32)4-37-41(36,42)40-11-1-8(3-34)38-20(11)33-7-29-15-18(33)30-22(25)31-19(15)35/h5-13,20-21,34H,1-4H2,(H,36,42)(H2,24,26,27)(H3,25,30,31,35)/t8-,9?,10?,11?,12+,13?,20+,21+,41?/m0/s1. The average Bonchev–Trinajstić information content (AvgIpc) is 3.25. The van der Waals surface area contributed by atoms with Gasteiger partial charge in [0.25, 0.3) is 5.56 Å². The average molecular weight is 625 g/mol. The Bertz CT molecular complexity index is 1770. The molecular weight excluding hydrogens is 598 g/mol. The molecule has 9 atom stereocenters. The summed E-state index contributed by atoms with van der Waals surface area (Å²) < 4.78 is 55.0. The molecular formula is C22H26FN10O7PS. The van der Waals surface area contributed by atoms with Crippen molar-refractivity contribution >= 4 is 53.1 Å². The molecule has 5 unspecified atom stereocenters. The summed E-state index contributed by atoms with van der Waals surface area (Å²) in [5, 5.41) is 9.73. The molecule has 6 N–H and O–H groups in total. The predicted octanol–water partition coefficient (Wildman–Crippen LogP) is 0.715. The van der Waals surface area contributed by atoms with E-state index in [0.717, 1.165) is 0 Å². The minimum atomic E-state index is -4.06. The number of halogens is 1. The maximum Gasteiger partial charge on any atom is 0.386 e. The number of nitrogens with zero attached hydrogens (tertiary/aromatic N) is 7. The molecule has 1 aliphatic carbocycles. The number of H-pyrrole nitrogens is 1. The first-order chi connectivity index (χ1) is 20.1. The van der Waals surface area contributed by atoms with Crippen LogP contribution in [0.25, 0.3) is 22.3 Å². The molecule has 3 fully saturated rings. The Morgan fingerprint density at radius 1 is 1.10 bits per heavy atom. The van der Waals surface area contributed by atoms with E-state index < -0.39 is 49.3 Å². The fourth-order valence-corrected chi connectivity index (χ4v) is 7.20. The van der Waals surface area contributed by atoms with Crippen LogP contribution in [0.5, 0.6) is 0 Å². The van der Waals surface area contributed by atoms with Crippen LogP contribution in [0.4, 0.5) is 16.2 Å². The van der Waals surface area contributed by atoms with Crippen molar-refractivity contribution in [2.75, 3.05) is 24.7 Å². The SMILES string of the molecule is Nc1nc2c(ncn2[C@@H]2O[C@H](CO)CC2OP(=O)(S)OC[C@H]2O[C@@H](n3cnc4c(N)ncnc43)C(F)C3CC32)c(=O)[nH]1. The van der Waals surface area contributed by atoms with E-state index in [0.29, 0.717) is 17.6 Å². The van der Waals surface area contributed by atoms with Crippen LogP contribution in [0.15, 0.2) is 23.8 Å². The van der Waals surface area contributed by atoms with Crippen LogP contribution in [-0.4, -0.2) is 81.8 Å². The molecule has 0 bridgehead atoms. The highest BCUT2D eigenvalue weighted by Crippen LogP contribution is 2.59. The van der Waals surface area contributed by atoms with Crippen LogP contribution in [-0.2, 0) is 23.1 Å². The van der Waals surface area contributed by atoms with E-state index >= 15 is 4.39 Å². The van der Waals surface area contributed by atoms with Gasteiger partial charge in [-0.1, -0.05) is 12.2 Å². The minimum absolute atomic E-state index is 0.0123. The van der Waals surface area contributed by atoms with Crippen molar-refractivity contribution in [3.63, 3.8) is 0 Å². The lowest BCUT2D eigenvalue weighted by Crippen LogP contribution is -2.38. The molecule has 2 saturated heterocycles. The molecule has 4 aromatic heterocycles. The number of ether oxygens (including phenoxy) is 2. The molecule has 0 aromatic carbocycles. The quantitative estimate of drug-likeness (QED) is 0.134. The summed E-state index contributed by atoms with van der Waals surface area (Å²) in [6.45, 7) is -4.60. The predicted molar refractivity (Wildman–Crippen MR) is 146 cm³/mol. The van der Waals surface area contributed by atoms with E-state index in [1.165, 1.54) is 28.1 Å². The number of anilines is 2. The lowest BCUT2D eigenvalue weighted by atomic mass is 10.1. The molecule has 42 heavy (non-hydrogen) atoms. The van der Waals surface area contributed by atoms with Gasteiger partial charge in [0.15, 0.2) is 35.1 Å². The number of aliphatic hydroxyl groups is 1. The summed E-state index contributed by atoms with van der Waals surface area (Å²) in [7, 11) is 0. The molecule has 2 aliphatic heterocycles. The Kier molecular flexibility index (Phi) is 6.72. The molecule has 6 heterocycles. The van der Waals surface area contributed by atoms with Gasteiger partial charge in [0.2, 0.25) is 5.95 Å². The number of nitrogens with one attached hydrogen (secondary N) is 1. The number of alkyl halides is 1. The molecule has 20 heteroatoms. The van der Waals surface area contributed by atoms with Gasteiger partial charge < -0.3 is 26.0 Å². The first kappa shape index (κ1) is 27.6. The number of fused-ring (bicyclic) bond motifs is 3. The van der Waals surface area contributed by atoms with Crippen molar-refractivity contribution in [1.29, 1.82) is 0 Å². The van der Waals surface area contributed by atoms with Crippen molar-refractivity contribution in [3.05, 3.63) is 29.3 Å². The number of thiol groups is 1. The fourth-order valence-electron chi connectivity index (χ4n) is 5.71. The molecule has 7 rings (SSSR count). The number of hydrogen-bond donors (Lipinski definition) is 5. The van der Waals surface area contributed by atoms with Gasteiger partial charge in [0.1, 0.15) is 24.1 Å². The third kappa shape index (κ3) is 4.74. The molecule has 224 valence electrons. The van der Waals surface area contributed by atoms with Gasteiger partial charge in [-0.2, -0.15) is 4.98 Å². The van der Waals surface area contributed by atoms with E-state index in [2.05, 4.69) is 42.2 Å². The molecule has 0 amide bonds. The molecule has 17 nitrogen and oxygen atoms in total. The van der Waals surface area contributed by atoms with E-state index in [1.54, 1.807) is 0 Å². The topological polar surface area (TPSA) is 233 Å². The fraction of sp³-hybridized carbons (Fsp3) is 0.545. The van der Waals surface area contributed by atoms with Gasteiger partial charge in [-0.05, 0) is 12.3 Å². The zero-order valence-corrected chi connectivity index (χ0v) is 23.4. The summed E-state index contributed by atoms with van der Waals surface area (Å²) in [5.41, 5.74) is 11.8. The highest BCUT2D eigenvalue weighted by atomic mass is 32.7. The van der Waals surface area contributed by atoms with Gasteiger partial charge in [-0.15, -0.1) is 0 Å². The van der Waals surface area contributed by atoms with Gasteiger partial charge in [-0.25, -0.2) is 28.9 Å². The smallest absolute Gasteiger partial charge is 0.386 e. The molecule has 4 aromatic rings. The Morgan fingerprint density at radius 2 is 1.86 bits per heavy atom. The number of aromatic amines is 1. The highest BCUT2D eigenvalue weighted by molar-refractivity contribution is 8.44. The summed E-state index contributed by atoms with van der Waals surface area (Å²) >= 11 is 4.17. The number of rotatable bonds is 8. The molecule has 1 saturated carbocycles. The van der Waals surface area contributed by atoms with Crippen LogP contribution in [0.3, 0.4) is 0 Å². The van der Waals surface area contributed by atoms with Crippen LogP contribution in [0.1, 0.15) is 25.3 Å². The summed E-state index contributed by atoms with van der Waals surface area (Å²) in [4.78, 5) is 35.1. The van der Waals surface area contributed by atoms with Gasteiger partial charge in [0, 0.05) is 12.3 Å². The minimum Gasteiger partial charge on any atom is -0.394 e. The number of aliphatic hydroxyl groups excluding tert-OH is 1. The van der Waals surface area contributed by atoms with Gasteiger partial charge >= 0.3 is 6.80 Å². The van der Waals surface area contributed by atoms with Gasteiger partial charge in [-0.3, -0.25) is 28.0 Å². The van der Waals surface area contributed by atoms with Crippen LogP contribution in [0, 0.1) is 11.8 Å². The van der Waals surface area contributed by atoms with Crippen molar-refractivity contribution < 1.29 is 32.6 Å². The summed E-state index contributed by atoms with van der Waals surface area (Å²) in [6.07, 6.45) is -0.939. The van der Waals surface area contributed by atoms with E-state index in [4.69, 9.17) is 30.0 Å². The molecule has 3 aliphatic rings. The molecule has 0 radical (unpaired) electrons. The van der Waals surface area contributed by atoms with Crippen LogP contribution < -0.4 is 17.0 Å². The monoisotopic (exact) mass is 624 g/mol. The second kappa shape index (κ2) is 10.2. The van der Waals surface area contributed by atoms with E-state index in [-0.39, 0.29) is 54.4 Å². The maximum absolute atomic E-state index is 15.3. The number of aromatic nitrogens is 8. The second-order valence-corrected chi connectivity index (χ2v) is 13.3. The second-order valence-electron chi connectivity index (χ2n) is 10.4.